The summed E-state index contributed by atoms with van der Waals surface area (Å²) >= 11 is 0. The number of hydrogen-bond acceptors (Lipinski definition) is 7. The Balaban J connectivity index is 1.24. The average Bonchev–Trinajstić information content (AvgIpc) is 3.31. The van der Waals surface area contributed by atoms with Gasteiger partial charge in [0, 0.05) is 62.7 Å². The van der Waals surface area contributed by atoms with Gasteiger partial charge >= 0.3 is 6.36 Å². The highest BCUT2D eigenvalue weighted by Gasteiger charge is 2.47. The molecular weight excluding hydrogens is 639 g/mol. The number of nitrogens with one attached hydrogen (secondary N) is 1. The molecule has 5 rings (SSSR count). The summed E-state index contributed by atoms with van der Waals surface area (Å²) < 4.78 is 69.7. The fourth-order valence-corrected chi connectivity index (χ4v) is 7.46. The number of nitrogens with zero attached hydrogens (tertiary/aromatic N) is 4. The van der Waals surface area contributed by atoms with Crippen LogP contribution in [0.25, 0.3) is 6.08 Å². The first kappa shape index (κ1) is 34.1. The SMILES string of the molecule is CC(=O)N1CCC(N(C(C)=O)c2ccc(C=CS(=O)(=O)N3CCC4(CC3)N=C(c3cccc(OC(F)(F)F)c3)NC4=O)c(C)c2)CC1. The zero-order valence-corrected chi connectivity index (χ0v) is 27.0. The molecule has 0 unspecified atom stereocenters. The van der Waals surface area contributed by atoms with E-state index in [1.165, 1.54) is 36.4 Å². The Labute approximate surface area is 271 Å². The van der Waals surface area contributed by atoms with Gasteiger partial charge in [-0.2, -0.15) is 4.31 Å². The molecule has 1 spiro atoms. The van der Waals surface area contributed by atoms with E-state index < -0.39 is 33.6 Å². The maximum absolute atomic E-state index is 13.3. The molecule has 252 valence electrons. The highest BCUT2D eigenvalue weighted by Crippen LogP contribution is 2.33. The first-order valence-corrected chi connectivity index (χ1v) is 16.7. The second-order valence-electron chi connectivity index (χ2n) is 11.9. The van der Waals surface area contributed by atoms with E-state index in [9.17, 15) is 36.0 Å². The minimum Gasteiger partial charge on any atom is -0.406 e. The Morgan fingerprint density at radius 3 is 2.34 bits per heavy atom. The Bertz CT molecular complexity index is 1730. The van der Waals surface area contributed by atoms with Gasteiger partial charge in [0.15, 0.2) is 0 Å². The summed E-state index contributed by atoms with van der Waals surface area (Å²) in [7, 11) is -3.87. The molecule has 0 aliphatic carbocycles. The van der Waals surface area contributed by atoms with E-state index in [1.54, 1.807) is 21.9 Å². The lowest BCUT2D eigenvalue weighted by atomic mass is 9.89. The monoisotopic (exact) mass is 675 g/mol. The third kappa shape index (κ3) is 7.67. The van der Waals surface area contributed by atoms with Crippen molar-refractivity contribution in [1.82, 2.24) is 14.5 Å². The summed E-state index contributed by atoms with van der Waals surface area (Å²) in [4.78, 5) is 45.3. The Morgan fingerprint density at radius 1 is 1.06 bits per heavy atom. The van der Waals surface area contributed by atoms with Crippen LogP contribution in [0.2, 0.25) is 0 Å². The fourth-order valence-electron chi connectivity index (χ4n) is 6.27. The van der Waals surface area contributed by atoms with Crippen molar-refractivity contribution in [3.05, 3.63) is 64.6 Å². The van der Waals surface area contributed by atoms with Gasteiger partial charge in [0.25, 0.3) is 5.91 Å². The molecule has 11 nitrogen and oxygen atoms in total. The number of likely N-dealkylation sites (tertiary alicyclic amines) is 1. The number of alkyl halides is 3. The number of aryl methyl sites for hydroxylation is 1. The first-order valence-electron chi connectivity index (χ1n) is 15.2. The van der Waals surface area contributed by atoms with E-state index in [4.69, 9.17) is 0 Å². The molecule has 15 heteroatoms. The second-order valence-corrected chi connectivity index (χ2v) is 13.8. The molecule has 3 heterocycles. The van der Waals surface area contributed by atoms with Gasteiger partial charge in [0.05, 0.1) is 0 Å². The quantitative estimate of drug-likeness (QED) is 0.473. The number of anilines is 1. The lowest BCUT2D eigenvalue weighted by Crippen LogP contribution is -2.50. The van der Waals surface area contributed by atoms with Crippen LogP contribution in [0, 0.1) is 6.92 Å². The number of piperidine rings is 2. The standard InChI is InChI=1S/C32H36F3N5O6S/c1-21-19-27(40(23(3)42)26-9-14-38(15-10-26)22(2)41)8-7-24(21)11-18-47(44,45)39-16-12-31(13-17-39)30(43)36-29(37-31)25-5-4-6-28(20-25)46-32(33,34)35/h4-8,11,18-20,26H,9-10,12-17H2,1-3H3,(H,36,37,43). The molecule has 2 aromatic rings. The zero-order valence-electron chi connectivity index (χ0n) is 26.2. The number of halogens is 3. The van der Waals surface area contributed by atoms with Gasteiger partial charge in [-0.25, -0.2) is 8.42 Å². The summed E-state index contributed by atoms with van der Waals surface area (Å²) in [6.45, 7) is 6.05. The van der Waals surface area contributed by atoms with E-state index in [-0.39, 0.29) is 55.2 Å². The molecule has 0 atom stereocenters. The van der Waals surface area contributed by atoms with Crippen molar-refractivity contribution in [3.63, 3.8) is 0 Å². The third-order valence-corrected chi connectivity index (χ3v) is 10.4. The van der Waals surface area contributed by atoms with Gasteiger partial charge in [-0.3, -0.25) is 19.4 Å². The van der Waals surface area contributed by atoms with Crippen LogP contribution in [0.3, 0.4) is 0 Å². The van der Waals surface area contributed by atoms with E-state index >= 15 is 0 Å². The Hall–Kier alpha value is -4.24. The lowest BCUT2D eigenvalue weighted by molar-refractivity contribution is -0.274. The normalized spacial score (nSPS) is 19.1. The van der Waals surface area contributed by atoms with Gasteiger partial charge in [0.2, 0.25) is 21.8 Å². The first-order chi connectivity index (χ1) is 22.1. The van der Waals surface area contributed by atoms with Crippen LogP contribution >= 0.6 is 0 Å². The van der Waals surface area contributed by atoms with E-state index in [2.05, 4.69) is 15.0 Å². The molecule has 1 N–H and O–H groups in total. The predicted molar refractivity (Wildman–Crippen MR) is 169 cm³/mol. The van der Waals surface area contributed by atoms with E-state index in [1.807, 2.05) is 13.0 Å². The summed E-state index contributed by atoms with van der Waals surface area (Å²) in [6, 6.07) is 10.4. The van der Waals surface area contributed by atoms with Crippen molar-refractivity contribution < 1.29 is 40.7 Å². The van der Waals surface area contributed by atoms with Crippen molar-refractivity contribution >= 4 is 45.3 Å². The van der Waals surface area contributed by atoms with Gasteiger partial charge in [-0.1, -0.05) is 18.2 Å². The van der Waals surface area contributed by atoms with Crippen LogP contribution in [0.4, 0.5) is 18.9 Å². The molecule has 47 heavy (non-hydrogen) atoms. The lowest BCUT2D eigenvalue weighted by Gasteiger charge is -2.38. The topological polar surface area (TPSA) is 129 Å². The smallest absolute Gasteiger partial charge is 0.406 e. The number of rotatable bonds is 7. The van der Waals surface area contributed by atoms with Crippen LogP contribution in [0.15, 0.2) is 52.9 Å². The van der Waals surface area contributed by atoms with Crippen molar-refractivity contribution in [3.8, 4) is 5.75 Å². The fraction of sp³-hybridized carbons (Fsp3) is 0.438. The molecule has 3 aliphatic rings. The van der Waals surface area contributed by atoms with Crippen LogP contribution < -0.4 is 15.0 Å². The number of amides is 3. The maximum Gasteiger partial charge on any atom is 0.573 e. The predicted octanol–water partition coefficient (Wildman–Crippen LogP) is 3.97. The number of amidine groups is 1. The summed E-state index contributed by atoms with van der Waals surface area (Å²) in [5.41, 5.74) is 1.13. The van der Waals surface area contributed by atoms with Crippen LogP contribution in [-0.4, -0.2) is 85.3 Å². The number of ether oxygens (including phenoxy) is 1. The molecular formula is C32H36F3N5O6S. The molecule has 0 aromatic heterocycles. The van der Waals surface area contributed by atoms with Crippen molar-refractivity contribution in [2.24, 2.45) is 4.99 Å². The van der Waals surface area contributed by atoms with E-state index in [0.717, 1.165) is 23.1 Å². The molecule has 2 saturated heterocycles. The average molecular weight is 676 g/mol. The summed E-state index contributed by atoms with van der Waals surface area (Å²) in [6.07, 6.45) is -1.87. The molecule has 0 saturated carbocycles. The minimum atomic E-state index is -4.87. The number of hydrogen-bond donors (Lipinski definition) is 1. The van der Waals surface area contributed by atoms with Crippen LogP contribution in [0.1, 0.15) is 56.2 Å². The number of carbonyl (C=O) groups is 3. The van der Waals surface area contributed by atoms with Gasteiger partial charge < -0.3 is 19.9 Å². The number of sulfonamides is 1. The van der Waals surface area contributed by atoms with Crippen molar-refractivity contribution in [1.29, 1.82) is 0 Å². The summed E-state index contributed by atoms with van der Waals surface area (Å²) in [5, 5.41) is 3.74. The Kier molecular flexibility index (Phi) is 9.51. The van der Waals surface area contributed by atoms with E-state index in [0.29, 0.717) is 37.2 Å². The molecule has 3 aliphatic heterocycles. The Morgan fingerprint density at radius 2 is 1.74 bits per heavy atom. The minimum absolute atomic E-state index is 0.0125. The molecule has 0 bridgehead atoms. The highest BCUT2D eigenvalue weighted by atomic mass is 32.2. The number of aliphatic imine (C=N–C) groups is 1. The third-order valence-electron chi connectivity index (χ3n) is 8.80. The van der Waals surface area contributed by atoms with Gasteiger partial charge in [-0.05, 0) is 74.1 Å². The van der Waals surface area contributed by atoms with Crippen molar-refractivity contribution in [2.75, 3.05) is 31.1 Å². The maximum atomic E-state index is 13.3. The number of benzene rings is 2. The molecule has 3 amide bonds. The highest BCUT2D eigenvalue weighted by molar-refractivity contribution is 7.92. The largest absolute Gasteiger partial charge is 0.573 e. The van der Waals surface area contributed by atoms with Gasteiger partial charge in [-0.15, -0.1) is 13.2 Å². The van der Waals surface area contributed by atoms with Crippen LogP contribution in [-0.2, 0) is 24.4 Å². The van der Waals surface area contributed by atoms with Crippen molar-refractivity contribution in [2.45, 2.75) is 64.4 Å². The second kappa shape index (κ2) is 13.1. The molecule has 2 fully saturated rings. The van der Waals surface area contributed by atoms with Gasteiger partial charge in [0.1, 0.15) is 17.1 Å². The zero-order chi connectivity index (χ0) is 34.1. The van der Waals surface area contributed by atoms with Crippen LogP contribution in [0.5, 0.6) is 5.75 Å². The number of carbonyl (C=O) groups excluding carboxylic acids is 3. The molecule has 2 aromatic carbocycles. The molecule has 0 radical (unpaired) electrons. The summed E-state index contributed by atoms with van der Waals surface area (Å²) in [5.74, 6) is -0.896.